The molecule has 1 N–H and O–H groups in total. The van der Waals surface area contributed by atoms with E-state index in [0.29, 0.717) is 0 Å². The van der Waals surface area contributed by atoms with E-state index in [1.807, 2.05) is 0 Å². The second-order valence-electron chi connectivity index (χ2n) is 10.7. The molecule has 1 fully saturated rings. The van der Waals surface area contributed by atoms with Crippen molar-refractivity contribution in [1.29, 1.82) is 0 Å². The van der Waals surface area contributed by atoms with Crippen molar-refractivity contribution in [2.45, 2.75) is 98.1 Å². The molecule has 4 rings (SSSR count). The summed E-state index contributed by atoms with van der Waals surface area (Å²) < 4.78 is 2.30. The van der Waals surface area contributed by atoms with Crippen molar-refractivity contribution in [1.82, 2.24) is 24.8 Å². The summed E-state index contributed by atoms with van der Waals surface area (Å²) in [6.45, 7) is 14.5. The standard InChI is InChI=1S/C31H47N5/c1-5-28(35-20-10-7-11-21-35)17-19-32-18-9-8-12-26-13-15-27(16-14-26)23-36-29(6-2)34-30-24(3)22-25(4)33-31(30)36/h13-16,22,28,32H,5-12,17-21,23H2,1-4H3. The SMILES string of the molecule is CCc1nc2c(C)cc(C)nc2n1Cc1ccc(CCCCNCCC(CC)N2CCCCC2)cc1. The molecule has 0 saturated carbocycles. The van der Waals surface area contributed by atoms with Crippen LogP contribution >= 0.6 is 0 Å². The molecule has 36 heavy (non-hydrogen) atoms. The zero-order valence-corrected chi connectivity index (χ0v) is 23.2. The topological polar surface area (TPSA) is 46.0 Å². The Kier molecular flexibility index (Phi) is 9.94. The summed E-state index contributed by atoms with van der Waals surface area (Å²) in [5, 5.41) is 3.70. The molecule has 1 unspecified atom stereocenters. The number of fused-ring (bicyclic) bond motifs is 1. The van der Waals surface area contributed by atoms with Gasteiger partial charge in [0.05, 0.1) is 6.54 Å². The number of aryl methyl sites for hydroxylation is 4. The molecule has 1 aliphatic rings. The Bertz CT molecular complexity index is 1080. The maximum atomic E-state index is 4.89. The van der Waals surface area contributed by atoms with Crippen LogP contribution in [0.1, 0.15) is 87.0 Å². The van der Waals surface area contributed by atoms with Crippen LogP contribution in [0, 0.1) is 13.8 Å². The van der Waals surface area contributed by atoms with Crippen LogP contribution in [0.25, 0.3) is 11.2 Å². The van der Waals surface area contributed by atoms with Crippen molar-refractivity contribution in [3.8, 4) is 0 Å². The fourth-order valence-electron chi connectivity index (χ4n) is 5.78. The minimum absolute atomic E-state index is 0.772. The quantitative estimate of drug-likeness (QED) is 0.289. The van der Waals surface area contributed by atoms with E-state index in [-0.39, 0.29) is 0 Å². The molecule has 3 aromatic rings. The predicted octanol–water partition coefficient (Wildman–Crippen LogP) is 6.23. The van der Waals surface area contributed by atoms with Crippen LogP contribution in [0.2, 0.25) is 0 Å². The van der Waals surface area contributed by atoms with E-state index in [0.717, 1.165) is 61.2 Å². The zero-order valence-electron chi connectivity index (χ0n) is 23.2. The van der Waals surface area contributed by atoms with Gasteiger partial charge in [0.2, 0.25) is 0 Å². The van der Waals surface area contributed by atoms with Crippen LogP contribution in [-0.2, 0) is 19.4 Å². The lowest BCUT2D eigenvalue weighted by Gasteiger charge is -2.34. The lowest BCUT2D eigenvalue weighted by Crippen LogP contribution is -2.40. The molecule has 0 amide bonds. The second-order valence-corrected chi connectivity index (χ2v) is 10.7. The number of hydrogen-bond acceptors (Lipinski definition) is 4. The molecule has 5 nitrogen and oxygen atoms in total. The first kappa shape index (κ1) is 26.8. The van der Waals surface area contributed by atoms with Crippen LogP contribution in [0.5, 0.6) is 0 Å². The van der Waals surface area contributed by atoms with Gasteiger partial charge in [-0.25, -0.2) is 9.97 Å². The number of nitrogens with one attached hydrogen (secondary N) is 1. The number of pyridine rings is 1. The smallest absolute Gasteiger partial charge is 0.160 e. The first-order valence-electron chi connectivity index (χ1n) is 14.4. The largest absolute Gasteiger partial charge is 0.317 e. The summed E-state index contributed by atoms with van der Waals surface area (Å²) in [7, 11) is 0. The molecule has 2 aromatic heterocycles. The zero-order chi connectivity index (χ0) is 25.3. The fraction of sp³-hybridized carbons (Fsp3) is 0.613. The fourth-order valence-corrected chi connectivity index (χ4v) is 5.78. The Labute approximate surface area is 218 Å². The molecular weight excluding hydrogens is 442 g/mol. The van der Waals surface area contributed by atoms with E-state index in [9.17, 15) is 0 Å². The third kappa shape index (κ3) is 6.95. The molecular formula is C31H47N5. The lowest BCUT2D eigenvalue weighted by atomic mass is 10.0. The third-order valence-electron chi connectivity index (χ3n) is 7.88. The Hall–Kier alpha value is -2.24. The number of aromatic nitrogens is 3. The summed E-state index contributed by atoms with van der Waals surface area (Å²) in [6.07, 6.45) is 11.3. The molecule has 5 heteroatoms. The van der Waals surface area contributed by atoms with E-state index in [1.165, 1.54) is 74.7 Å². The normalized spacial score (nSPS) is 15.6. The Morgan fingerprint density at radius 1 is 0.917 bits per heavy atom. The highest BCUT2D eigenvalue weighted by atomic mass is 15.2. The molecule has 1 atom stereocenters. The van der Waals surface area contributed by atoms with Gasteiger partial charge < -0.3 is 14.8 Å². The average molecular weight is 490 g/mol. The van der Waals surface area contributed by atoms with E-state index < -0.39 is 0 Å². The molecule has 0 bridgehead atoms. The molecule has 196 valence electrons. The van der Waals surface area contributed by atoms with Gasteiger partial charge in [0.25, 0.3) is 0 Å². The first-order chi connectivity index (χ1) is 17.6. The summed E-state index contributed by atoms with van der Waals surface area (Å²) >= 11 is 0. The molecule has 0 radical (unpaired) electrons. The van der Waals surface area contributed by atoms with Gasteiger partial charge in [-0.2, -0.15) is 0 Å². The van der Waals surface area contributed by atoms with Crippen molar-refractivity contribution in [2.24, 2.45) is 0 Å². The van der Waals surface area contributed by atoms with Gasteiger partial charge >= 0.3 is 0 Å². The maximum Gasteiger partial charge on any atom is 0.160 e. The first-order valence-corrected chi connectivity index (χ1v) is 14.4. The Balaban J connectivity index is 1.20. The average Bonchev–Trinajstić information content (AvgIpc) is 3.24. The monoisotopic (exact) mass is 489 g/mol. The number of unbranched alkanes of at least 4 members (excludes halogenated alkanes) is 1. The van der Waals surface area contributed by atoms with Gasteiger partial charge in [-0.1, -0.05) is 44.5 Å². The second kappa shape index (κ2) is 13.3. The Morgan fingerprint density at radius 3 is 2.39 bits per heavy atom. The molecule has 3 heterocycles. The highest BCUT2D eigenvalue weighted by molar-refractivity contribution is 5.76. The van der Waals surface area contributed by atoms with Gasteiger partial charge in [0.1, 0.15) is 11.3 Å². The van der Waals surface area contributed by atoms with E-state index in [1.54, 1.807) is 0 Å². The van der Waals surface area contributed by atoms with E-state index in [4.69, 9.17) is 9.97 Å². The third-order valence-corrected chi connectivity index (χ3v) is 7.88. The Morgan fingerprint density at radius 2 is 1.67 bits per heavy atom. The van der Waals surface area contributed by atoms with Crippen molar-refractivity contribution in [3.63, 3.8) is 0 Å². The number of rotatable bonds is 13. The number of imidazole rings is 1. The van der Waals surface area contributed by atoms with E-state index in [2.05, 4.69) is 72.8 Å². The van der Waals surface area contributed by atoms with Crippen LogP contribution in [0.4, 0.5) is 0 Å². The highest BCUT2D eigenvalue weighted by Gasteiger charge is 2.18. The van der Waals surface area contributed by atoms with Crippen molar-refractivity contribution < 1.29 is 0 Å². The lowest BCUT2D eigenvalue weighted by molar-refractivity contribution is 0.151. The molecule has 1 aromatic carbocycles. The van der Waals surface area contributed by atoms with Crippen LogP contribution in [-0.4, -0.2) is 51.7 Å². The molecule has 1 saturated heterocycles. The summed E-state index contributed by atoms with van der Waals surface area (Å²) in [5.74, 6) is 1.11. The van der Waals surface area contributed by atoms with E-state index >= 15 is 0 Å². The summed E-state index contributed by atoms with van der Waals surface area (Å²) in [5.41, 5.74) is 7.07. The van der Waals surface area contributed by atoms with Crippen LogP contribution < -0.4 is 5.32 Å². The molecule has 0 aliphatic carbocycles. The van der Waals surface area contributed by atoms with Crippen molar-refractivity contribution >= 4 is 11.2 Å². The number of hydrogen-bond donors (Lipinski definition) is 1. The number of piperidine rings is 1. The van der Waals surface area contributed by atoms with Gasteiger partial charge in [0.15, 0.2) is 5.65 Å². The van der Waals surface area contributed by atoms with Gasteiger partial charge in [0, 0.05) is 18.2 Å². The molecule has 0 spiro atoms. The maximum absolute atomic E-state index is 4.89. The van der Waals surface area contributed by atoms with Gasteiger partial charge in [-0.05, 0) is 108 Å². The summed E-state index contributed by atoms with van der Waals surface area (Å²) in [6, 6.07) is 12.1. The highest BCUT2D eigenvalue weighted by Crippen LogP contribution is 2.21. The van der Waals surface area contributed by atoms with Gasteiger partial charge in [-0.3, -0.25) is 0 Å². The van der Waals surface area contributed by atoms with Gasteiger partial charge in [-0.15, -0.1) is 0 Å². The number of benzene rings is 1. The predicted molar refractivity (Wildman–Crippen MR) is 152 cm³/mol. The molecule has 1 aliphatic heterocycles. The summed E-state index contributed by atoms with van der Waals surface area (Å²) in [4.78, 5) is 12.4. The van der Waals surface area contributed by atoms with Crippen LogP contribution in [0.3, 0.4) is 0 Å². The van der Waals surface area contributed by atoms with Crippen molar-refractivity contribution in [3.05, 3.63) is 58.5 Å². The minimum Gasteiger partial charge on any atom is -0.317 e. The number of nitrogens with zero attached hydrogens (tertiary/aromatic N) is 4. The van der Waals surface area contributed by atoms with Crippen LogP contribution in [0.15, 0.2) is 30.3 Å². The minimum atomic E-state index is 0.772. The number of likely N-dealkylation sites (tertiary alicyclic amines) is 1. The van der Waals surface area contributed by atoms with Crippen molar-refractivity contribution in [2.75, 3.05) is 26.2 Å².